The Labute approximate surface area is 126 Å². The van der Waals surface area contributed by atoms with Crippen LogP contribution in [0.2, 0.25) is 0 Å². The fraction of sp³-hybridized carbons (Fsp3) is 0.500. The Hall–Kier alpha value is -2.06. The number of hydrogen-bond acceptors (Lipinski definition) is 5. The molecule has 118 valence electrons. The molecule has 0 saturated carbocycles. The lowest BCUT2D eigenvalue weighted by Gasteiger charge is -2.10. The molecule has 1 fully saturated rings. The fourth-order valence-corrected chi connectivity index (χ4v) is 2.57. The van der Waals surface area contributed by atoms with Crippen LogP contribution < -0.4 is 10.6 Å². The number of rotatable bonds is 5. The van der Waals surface area contributed by atoms with E-state index in [1.807, 2.05) is 0 Å². The first-order valence-electron chi connectivity index (χ1n) is 7.26. The third-order valence-electron chi connectivity index (χ3n) is 3.73. The predicted molar refractivity (Wildman–Crippen MR) is 77.4 cm³/mol. The maximum atomic E-state index is 13.1. The molecule has 8 heteroatoms. The van der Waals surface area contributed by atoms with E-state index in [2.05, 4.69) is 20.7 Å². The zero-order valence-corrected chi connectivity index (χ0v) is 12.0. The van der Waals surface area contributed by atoms with Crippen LogP contribution in [-0.2, 0) is 6.42 Å². The van der Waals surface area contributed by atoms with Gasteiger partial charge in [-0.15, -0.1) is 0 Å². The summed E-state index contributed by atoms with van der Waals surface area (Å²) in [5, 5.41) is 18.8. The van der Waals surface area contributed by atoms with Gasteiger partial charge in [0.15, 0.2) is 5.65 Å². The maximum Gasteiger partial charge on any atom is 0.256 e. The summed E-state index contributed by atoms with van der Waals surface area (Å²) in [6.07, 6.45) is 4.88. The van der Waals surface area contributed by atoms with Crippen molar-refractivity contribution in [3.05, 3.63) is 29.7 Å². The van der Waals surface area contributed by atoms with Crippen LogP contribution in [0, 0.1) is 0 Å². The molecule has 2 aromatic heterocycles. The summed E-state index contributed by atoms with van der Waals surface area (Å²) in [4.78, 5) is 16.4. The van der Waals surface area contributed by atoms with Gasteiger partial charge in [-0.2, -0.15) is 5.10 Å². The molecule has 1 aliphatic heterocycles. The highest BCUT2D eigenvalue weighted by Crippen LogP contribution is 2.11. The molecule has 0 spiro atoms. The topological polar surface area (TPSA) is 91.6 Å². The summed E-state index contributed by atoms with van der Waals surface area (Å²) in [7, 11) is 0. The molecule has 0 aliphatic carbocycles. The van der Waals surface area contributed by atoms with Crippen LogP contribution in [0.5, 0.6) is 0 Å². The lowest BCUT2D eigenvalue weighted by Crippen LogP contribution is -2.37. The molecule has 3 heterocycles. The van der Waals surface area contributed by atoms with Gasteiger partial charge in [0.2, 0.25) is 0 Å². The van der Waals surface area contributed by atoms with Crippen molar-refractivity contribution >= 4 is 11.6 Å². The van der Waals surface area contributed by atoms with E-state index in [-0.39, 0.29) is 18.6 Å². The average molecular weight is 307 g/mol. The molecule has 7 nitrogen and oxygen atoms in total. The molecule has 0 unspecified atom stereocenters. The van der Waals surface area contributed by atoms with Crippen LogP contribution >= 0.6 is 0 Å². The molecule has 0 aromatic carbocycles. The monoisotopic (exact) mass is 307 g/mol. The van der Waals surface area contributed by atoms with E-state index in [0.717, 1.165) is 5.56 Å². The molecule has 2 atom stereocenters. The first-order chi connectivity index (χ1) is 10.7. The Morgan fingerprint density at radius 3 is 3.14 bits per heavy atom. The third-order valence-corrected chi connectivity index (χ3v) is 3.73. The first kappa shape index (κ1) is 14.9. The van der Waals surface area contributed by atoms with Gasteiger partial charge in [0.05, 0.1) is 6.20 Å². The van der Waals surface area contributed by atoms with Crippen molar-refractivity contribution in [3.8, 4) is 0 Å². The average Bonchev–Trinajstić information content (AvgIpc) is 3.11. The highest BCUT2D eigenvalue weighted by Gasteiger charge is 2.24. The molecule has 1 aliphatic rings. The molecule has 3 rings (SSSR count). The zero-order valence-electron chi connectivity index (χ0n) is 12.0. The van der Waals surface area contributed by atoms with Gasteiger partial charge in [-0.1, -0.05) is 0 Å². The first-order valence-corrected chi connectivity index (χ1v) is 7.26. The van der Waals surface area contributed by atoms with E-state index < -0.39 is 6.17 Å². The van der Waals surface area contributed by atoms with E-state index in [1.54, 1.807) is 12.4 Å². The molecule has 0 radical (unpaired) electrons. The van der Waals surface area contributed by atoms with E-state index in [1.165, 1.54) is 10.7 Å². The van der Waals surface area contributed by atoms with E-state index in [9.17, 15) is 9.18 Å². The van der Waals surface area contributed by atoms with Crippen molar-refractivity contribution in [2.75, 3.05) is 19.7 Å². The van der Waals surface area contributed by atoms with E-state index >= 15 is 0 Å². The number of hydrogen-bond donors (Lipinski definition) is 3. The number of nitrogens with zero attached hydrogens (tertiary/aromatic N) is 3. The van der Waals surface area contributed by atoms with Gasteiger partial charge in [-0.25, -0.2) is 13.9 Å². The van der Waals surface area contributed by atoms with Crippen molar-refractivity contribution in [1.82, 2.24) is 25.2 Å². The van der Waals surface area contributed by atoms with Gasteiger partial charge in [-0.05, 0) is 18.4 Å². The second-order valence-corrected chi connectivity index (χ2v) is 5.41. The van der Waals surface area contributed by atoms with Gasteiger partial charge in [0.25, 0.3) is 5.91 Å². The van der Waals surface area contributed by atoms with Crippen LogP contribution in [0.25, 0.3) is 5.65 Å². The number of amides is 1. The van der Waals surface area contributed by atoms with Crippen LogP contribution in [-0.4, -0.2) is 57.5 Å². The van der Waals surface area contributed by atoms with Crippen LogP contribution in [0.15, 0.2) is 18.6 Å². The van der Waals surface area contributed by atoms with Crippen molar-refractivity contribution in [2.24, 2.45) is 0 Å². The Bertz CT molecular complexity index is 674. The Morgan fingerprint density at radius 2 is 2.41 bits per heavy atom. The SMILES string of the molecule is O=C(NC[C@@H]1C[C@H](F)CN1)c1cnn2cc(CCO)cnc12. The standard InChI is InChI=1S/C14H18FN5O2/c15-10-3-11(16-5-10)6-18-14(22)12-7-19-20-8-9(1-2-21)4-17-13(12)20/h4,7-8,10-11,16,21H,1-3,5-6H2,(H,18,22)/t10-,11-/m0/s1. The normalized spacial score (nSPS) is 21.4. The second-order valence-electron chi connectivity index (χ2n) is 5.41. The summed E-state index contributed by atoms with van der Waals surface area (Å²) in [6, 6.07) is -0.0371. The van der Waals surface area contributed by atoms with Gasteiger partial charge in [0.1, 0.15) is 11.7 Å². The van der Waals surface area contributed by atoms with Crippen LogP contribution in [0.1, 0.15) is 22.3 Å². The number of aliphatic hydroxyl groups excluding tert-OH is 1. The Balaban J connectivity index is 1.68. The molecule has 2 aromatic rings. The summed E-state index contributed by atoms with van der Waals surface area (Å²) in [6.45, 7) is 0.747. The molecular weight excluding hydrogens is 289 g/mol. The quantitative estimate of drug-likeness (QED) is 0.705. The number of carbonyl (C=O) groups excluding carboxylic acids is 1. The van der Waals surface area contributed by atoms with Gasteiger partial charge >= 0.3 is 0 Å². The van der Waals surface area contributed by atoms with Gasteiger partial charge in [-0.3, -0.25) is 4.79 Å². The van der Waals surface area contributed by atoms with Crippen LogP contribution in [0.3, 0.4) is 0 Å². The lowest BCUT2D eigenvalue weighted by atomic mass is 10.2. The maximum absolute atomic E-state index is 13.1. The van der Waals surface area contributed by atoms with Gasteiger partial charge < -0.3 is 15.7 Å². The highest BCUT2D eigenvalue weighted by molar-refractivity contribution is 5.99. The number of aliphatic hydroxyl groups is 1. The van der Waals surface area contributed by atoms with Crippen molar-refractivity contribution < 1.29 is 14.3 Å². The zero-order chi connectivity index (χ0) is 15.5. The number of carbonyl (C=O) groups is 1. The summed E-state index contributed by atoms with van der Waals surface area (Å²) < 4.78 is 14.6. The fourth-order valence-electron chi connectivity index (χ4n) is 2.57. The number of alkyl halides is 1. The number of fused-ring (bicyclic) bond motifs is 1. The summed E-state index contributed by atoms with van der Waals surface area (Å²) >= 11 is 0. The predicted octanol–water partition coefficient (Wildman–Crippen LogP) is -0.306. The molecular formula is C14H18FN5O2. The molecule has 3 N–H and O–H groups in total. The molecule has 22 heavy (non-hydrogen) atoms. The Kier molecular flexibility index (Phi) is 4.30. The molecule has 1 saturated heterocycles. The van der Waals surface area contributed by atoms with Crippen LogP contribution in [0.4, 0.5) is 4.39 Å². The second kappa shape index (κ2) is 6.37. The number of halogens is 1. The van der Waals surface area contributed by atoms with E-state index in [0.29, 0.717) is 37.1 Å². The third kappa shape index (κ3) is 3.07. The number of nitrogens with one attached hydrogen (secondary N) is 2. The summed E-state index contributed by atoms with van der Waals surface area (Å²) in [5.74, 6) is -0.276. The smallest absolute Gasteiger partial charge is 0.256 e. The highest BCUT2D eigenvalue weighted by atomic mass is 19.1. The Morgan fingerprint density at radius 1 is 1.55 bits per heavy atom. The largest absolute Gasteiger partial charge is 0.396 e. The number of aromatic nitrogens is 3. The lowest BCUT2D eigenvalue weighted by molar-refractivity contribution is 0.0951. The van der Waals surface area contributed by atoms with Crippen molar-refractivity contribution in [1.29, 1.82) is 0 Å². The van der Waals surface area contributed by atoms with Gasteiger partial charge in [0, 0.05) is 38.1 Å². The molecule has 1 amide bonds. The minimum absolute atomic E-state index is 0.0335. The van der Waals surface area contributed by atoms with Crippen molar-refractivity contribution in [2.45, 2.75) is 25.1 Å². The minimum Gasteiger partial charge on any atom is -0.396 e. The summed E-state index contributed by atoms with van der Waals surface area (Å²) in [5.41, 5.74) is 1.68. The van der Waals surface area contributed by atoms with E-state index in [4.69, 9.17) is 5.11 Å². The molecule has 0 bridgehead atoms. The van der Waals surface area contributed by atoms with Crippen molar-refractivity contribution in [3.63, 3.8) is 0 Å². The minimum atomic E-state index is -0.842.